The minimum atomic E-state index is -1.19. The lowest BCUT2D eigenvalue weighted by Crippen LogP contribution is -2.52. The Hall–Kier alpha value is -2.49. The first-order valence-corrected chi connectivity index (χ1v) is 9.63. The molecule has 8 heteroatoms. The van der Waals surface area contributed by atoms with Gasteiger partial charge in [0.1, 0.15) is 17.9 Å². The van der Waals surface area contributed by atoms with Gasteiger partial charge in [-0.1, -0.05) is 36.4 Å². The summed E-state index contributed by atoms with van der Waals surface area (Å²) in [7, 11) is 0. The molecule has 0 spiro atoms. The zero-order valence-corrected chi connectivity index (χ0v) is 17.3. The Kier molecular flexibility index (Phi) is 7.91. The van der Waals surface area contributed by atoms with Crippen molar-refractivity contribution in [3.63, 3.8) is 0 Å². The van der Waals surface area contributed by atoms with Crippen molar-refractivity contribution in [3.05, 3.63) is 69.0 Å². The van der Waals surface area contributed by atoms with Crippen LogP contribution in [0.2, 0.25) is 0 Å². The highest BCUT2D eigenvalue weighted by molar-refractivity contribution is 14.1. The third-order valence-corrected chi connectivity index (χ3v) is 5.12. The number of hydrogen-bond donors (Lipinski definition) is 3. The van der Waals surface area contributed by atoms with Crippen LogP contribution in [0.5, 0.6) is 0 Å². The average Bonchev–Trinajstić information content (AvgIpc) is 2.63. The summed E-state index contributed by atoms with van der Waals surface area (Å²) >= 11 is 2.09. The number of amides is 2. The smallest absolute Gasteiger partial charge is 0.326 e. The topological polar surface area (TPSA) is 95.5 Å². The number of carbonyl (C=O) groups excluding carboxylic acids is 2. The van der Waals surface area contributed by atoms with Gasteiger partial charge in [0.05, 0.1) is 0 Å². The first kappa shape index (κ1) is 21.8. The fourth-order valence-corrected chi connectivity index (χ4v) is 3.30. The van der Waals surface area contributed by atoms with Crippen LogP contribution in [0.4, 0.5) is 4.39 Å². The maximum absolute atomic E-state index is 13.9. The van der Waals surface area contributed by atoms with E-state index in [4.69, 9.17) is 0 Å². The normalized spacial score (nSPS) is 12.7. The highest BCUT2D eigenvalue weighted by atomic mass is 127. The minimum absolute atomic E-state index is 0.0900. The molecule has 0 bridgehead atoms. The predicted molar refractivity (Wildman–Crippen MR) is 110 cm³/mol. The van der Waals surface area contributed by atoms with Crippen LogP contribution in [0, 0.1) is 9.39 Å². The van der Waals surface area contributed by atoms with Crippen LogP contribution in [-0.2, 0) is 27.2 Å². The van der Waals surface area contributed by atoms with Crippen LogP contribution >= 0.6 is 22.6 Å². The maximum atomic E-state index is 13.9. The number of hydrogen-bond acceptors (Lipinski definition) is 3. The van der Waals surface area contributed by atoms with E-state index in [9.17, 15) is 23.9 Å². The van der Waals surface area contributed by atoms with Crippen LogP contribution in [0.1, 0.15) is 18.1 Å². The van der Waals surface area contributed by atoms with E-state index in [-0.39, 0.29) is 18.4 Å². The summed E-state index contributed by atoms with van der Waals surface area (Å²) in [5.41, 5.74) is 1.03. The van der Waals surface area contributed by atoms with Gasteiger partial charge < -0.3 is 15.7 Å². The molecule has 0 aromatic heterocycles. The van der Waals surface area contributed by atoms with Crippen LogP contribution < -0.4 is 10.6 Å². The maximum Gasteiger partial charge on any atom is 0.326 e. The molecular formula is C20H20FIN2O4. The summed E-state index contributed by atoms with van der Waals surface area (Å²) < 4.78 is 14.8. The van der Waals surface area contributed by atoms with Crippen molar-refractivity contribution in [2.24, 2.45) is 0 Å². The third kappa shape index (κ3) is 6.29. The third-order valence-electron chi connectivity index (χ3n) is 4.07. The second kappa shape index (κ2) is 10.2. The van der Waals surface area contributed by atoms with Gasteiger partial charge in [0.25, 0.3) is 0 Å². The van der Waals surface area contributed by atoms with Crippen molar-refractivity contribution in [2.75, 3.05) is 0 Å². The van der Waals surface area contributed by atoms with E-state index in [1.807, 2.05) is 12.1 Å². The average molecular weight is 498 g/mol. The lowest BCUT2D eigenvalue weighted by Gasteiger charge is -2.21. The molecule has 0 fully saturated rings. The molecule has 0 aliphatic heterocycles. The largest absolute Gasteiger partial charge is 0.480 e. The second-order valence-corrected chi connectivity index (χ2v) is 7.41. The molecule has 2 atom stereocenters. The standard InChI is InChI=1S/C20H20FIN2O4/c1-12(25)23-17(10-13-6-2-4-8-15(13)21)19(26)24-18(20(27)28)11-14-7-3-5-9-16(14)22/h2-9,17-18H,10-11H2,1H3,(H,23,25)(H,24,26)(H,27,28)/t17-,18-/m1/s1. The van der Waals surface area contributed by atoms with Crippen molar-refractivity contribution in [3.8, 4) is 0 Å². The van der Waals surface area contributed by atoms with Gasteiger partial charge >= 0.3 is 5.97 Å². The molecule has 0 unspecified atom stereocenters. The Morgan fingerprint density at radius 3 is 2.11 bits per heavy atom. The zero-order valence-electron chi connectivity index (χ0n) is 15.1. The number of carbonyl (C=O) groups is 3. The number of nitrogens with one attached hydrogen (secondary N) is 2. The monoisotopic (exact) mass is 498 g/mol. The Bertz CT molecular complexity index is 875. The number of rotatable bonds is 8. The van der Waals surface area contributed by atoms with Crippen molar-refractivity contribution in [1.82, 2.24) is 10.6 Å². The molecule has 0 saturated carbocycles. The Morgan fingerprint density at radius 2 is 1.54 bits per heavy atom. The van der Waals surface area contributed by atoms with Crippen molar-refractivity contribution in [1.29, 1.82) is 0 Å². The molecule has 0 aliphatic carbocycles. The van der Waals surface area contributed by atoms with Gasteiger partial charge in [-0.15, -0.1) is 0 Å². The molecule has 28 heavy (non-hydrogen) atoms. The summed E-state index contributed by atoms with van der Waals surface area (Å²) in [5, 5.41) is 14.4. The molecule has 2 aromatic carbocycles. The van der Waals surface area contributed by atoms with E-state index < -0.39 is 35.7 Å². The van der Waals surface area contributed by atoms with Crippen molar-refractivity contribution < 1.29 is 23.9 Å². The van der Waals surface area contributed by atoms with Crippen LogP contribution in [-0.4, -0.2) is 35.0 Å². The molecule has 0 heterocycles. The van der Waals surface area contributed by atoms with Crippen LogP contribution in [0.3, 0.4) is 0 Å². The quantitative estimate of drug-likeness (QED) is 0.487. The van der Waals surface area contributed by atoms with Crippen molar-refractivity contribution in [2.45, 2.75) is 31.8 Å². The highest BCUT2D eigenvalue weighted by Gasteiger charge is 2.27. The molecule has 2 rings (SSSR count). The molecule has 0 saturated heterocycles. The van der Waals surface area contributed by atoms with E-state index >= 15 is 0 Å². The van der Waals surface area contributed by atoms with Crippen LogP contribution in [0.15, 0.2) is 48.5 Å². The molecule has 6 nitrogen and oxygen atoms in total. The zero-order chi connectivity index (χ0) is 20.7. The van der Waals surface area contributed by atoms with Gasteiger partial charge in [0.15, 0.2) is 0 Å². The van der Waals surface area contributed by atoms with E-state index in [2.05, 4.69) is 33.2 Å². The summed E-state index contributed by atoms with van der Waals surface area (Å²) in [6.07, 6.45) is -0.0000265. The lowest BCUT2D eigenvalue weighted by molar-refractivity contribution is -0.142. The first-order valence-electron chi connectivity index (χ1n) is 8.55. The molecule has 2 aromatic rings. The second-order valence-electron chi connectivity index (χ2n) is 6.24. The summed E-state index contributed by atoms with van der Waals surface area (Å²) in [4.78, 5) is 35.8. The molecule has 0 aliphatic rings. The molecule has 2 amide bonds. The SMILES string of the molecule is CC(=O)N[C@H](Cc1ccccc1F)C(=O)N[C@H](Cc1ccccc1I)C(=O)O. The van der Waals surface area contributed by atoms with Gasteiger partial charge in [-0.05, 0) is 45.9 Å². The Labute approximate surface area is 175 Å². The van der Waals surface area contributed by atoms with Gasteiger partial charge in [0.2, 0.25) is 11.8 Å². The molecule has 0 radical (unpaired) electrons. The van der Waals surface area contributed by atoms with Gasteiger partial charge in [-0.2, -0.15) is 0 Å². The molecule has 3 N–H and O–H groups in total. The number of carboxylic acid groups (broad SMARTS) is 1. The summed E-state index contributed by atoms with van der Waals surface area (Å²) in [6.45, 7) is 1.24. The fourth-order valence-electron chi connectivity index (χ4n) is 2.69. The van der Waals surface area contributed by atoms with E-state index in [1.54, 1.807) is 18.2 Å². The van der Waals surface area contributed by atoms with Crippen LogP contribution in [0.25, 0.3) is 0 Å². The summed E-state index contributed by atoms with van der Waals surface area (Å²) in [5.74, 6) is -2.85. The molecule has 148 valence electrons. The fraction of sp³-hybridized carbons (Fsp3) is 0.250. The van der Waals surface area contributed by atoms with E-state index in [0.717, 1.165) is 9.13 Å². The van der Waals surface area contributed by atoms with Gasteiger partial charge in [0, 0.05) is 23.3 Å². The number of halogens is 2. The number of carboxylic acids is 1. The number of benzene rings is 2. The van der Waals surface area contributed by atoms with Crippen molar-refractivity contribution >= 4 is 40.4 Å². The predicted octanol–water partition coefficient (Wildman–Crippen LogP) is 2.29. The summed E-state index contributed by atoms with van der Waals surface area (Å²) in [6, 6.07) is 10.9. The van der Waals surface area contributed by atoms with E-state index in [0.29, 0.717) is 0 Å². The van der Waals surface area contributed by atoms with E-state index in [1.165, 1.54) is 25.1 Å². The first-order chi connectivity index (χ1) is 13.3. The molecular weight excluding hydrogens is 478 g/mol. The minimum Gasteiger partial charge on any atom is -0.480 e. The lowest BCUT2D eigenvalue weighted by atomic mass is 10.0. The Morgan fingerprint density at radius 1 is 0.964 bits per heavy atom. The Balaban J connectivity index is 2.17. The van der Waals surface area contributed by atoms with Gasteiger partial charge in [-0.25, -0.2) is 9.18 Å². The number of aliphatic carboxylic acids is 1. The van der Waals surface area contributed by atoms with Gasteiger partial charge in [-0.3, -0.25) is 9.59 Å². The highest BCUT2D eigenvalue weighted by Crippen LogP contribution is 2.14.